The number of rotatable bonds is 9. The number of methoxy groups -OCH3 is 1. The lowest BCUT2D eigenvalue weighted by Gasteiger charge is -2.15. The maximum Gasteiger partial charge on any atom is 0.254 e. The fourth-order valence-corrected chi connectivity index (χ4v) is 4.45. The van der Waals surface area contributed by atoms with Gasteiger partial charge in [-0.05, 0) is 43.4 Å². The molecule has 1 aliphatic carbocycles. The molecule has 1 fully saturated rings. The molecule has 1 aliphatic rings. The van der Waals surface area contributed by atoms with E-state index in [0.29, 0.717) is 40.9 Å². The van der Waals surface area contributed by atoms with E-state index in [1.165, 1.54) is 20.0 Å². The molecule has 0 radical (unpaired) electrons. The van der Waals surface area contributed by atoms with E-state index in [4.69, 9.17) is 9.15 Å². The third-order valence-corrected chi connectivity index (χ3v) is 6.28. The smallest absolute Gasteiger partial charge is 0.254 e. The number of benzene rings is 2. The topological polar surface area (TPSA) is 93.5 Å². The fraction of sp³-hybridized carbons (Fsp3) is 0.370. The van der Waals surface area contributed by atoms with Crippen LogP contribution in [0.2, 0.25) is 0 Å². The number of nitrogens with zero attached hydrogens (tertiary/aromatic N) is 1. The molecule has 3 aromatic rings. The Balaban J connectivity index is 1.43. The number of ether oxygens (including phenoxy) is 1. The number of hydrogen-bond donors (Lipinski definition) is 2. The molecule has 2 N–H and O–H groups in total. The molecule has 1 saturated carbocycles. The highest BCUT2D eigenvalue weighted by Gasteiger charge is 2.22. The van der Waals surface area contributed by atoms with Gasteiger partial charge in [0.1, 0.15) is 11.5 Å². The van der Waals surface area contributed by atoms with Gasteiger partial charge >= 0.3 is 0 Å². The van der Waals surface area contributed by atoms with Crippen LogP contribution < -0.4 is 10.6 Å². The second-order valence-corrected chi connectivity index (χ2v) is 8.71. The molecular formula is C27H31N3O4. The van der Waals surface area contributed by atoms with E-state index in [0.717, 1.165) is 18.4 Å². The van der Waals surface area contributed by atoms with Crippen molar-refractivity contribution in [2.45, 2.75) is 51.7 Å². The quantitative estimate of drug-likeness (QED) is 0.458. The molecule has 2 amide bonds. The first kappa shape index (κ1) is 23.7. The van der Waals surface area contributed by atoms with Crippen molar-refractivity contribution < 1.29 is 18.7 Å². The fourth-order valence-electron chi connectivity index (χ4n) is 4.45. The lowest BCUT2D eigenvalue weighted by Crippen LogP contribution is -2.30. The van der Waals surface area contributed by atoms with Crippen LogP contribution in [0.15, 0.2) is 59.0 Å². The molecule has 7 nitrogen and oxygen atoms in total. The molecule has 2 aromatic carbocycles. The van der Waals surface area contributed by atoms with E-state index in [-0.39, 0.29) is 18.4 Å². The van der Waals surface area contributed by atoms with E-state index >= 15 is 0 Å². The number of para-hydroxylation sites is 1. The molecule has 0 aliphatic heterocycles. The van der Waals surface area contributed by atoms with E-state index < -0.39 is 6.10 Å². The number of carbonyl (C=O) groups excluding carboxylic acids is 2. The van der Waals surface area contributed by atoms with Crippen molar-refractivity contribution in [3.05, 3.63) is 71.6 Å². The molecule has 1 heterocycles. The summed E-state index contributed by atoms with van der Waals surface area (Å²) in [5.41, 5.74) is 2.79. The van der Waals surface area contributed by atoms with Crippen molar-refractivity contribution in [1.29, 1.82) is 0 Å². The second-order valence-electron chi connectivity index (χ2n) is 8.71. The lowest BCUT2D eigenvalue weighted by molar-refractivity contribution is -0.131. The van der Waals surface area contributed by atoms with Gasteiger partial charge in [-0.15, -0.1) is 0 Å². The van der Waals surface area contributed by atoms with Crippen LogP contribution in [-0.4, -0.2) is 23.9 Å². The van der Waals surface area contributed by atoms with Crippen LogP contribution >= 0.6 is 0 Å². The minimum atomic E-state index is -0.705. The lowest BCUT2D eigenvalue weighted by atomic mass is 10.0. The largest absolute Gasteiger partial charge is 0.441 e. The molecule has 1 aromatic heterocycles. The summed E-state index contributed by atoms with van der Waals surface area (Å²) in [4.78, 5) is 29.9. The first-order valence-electron chi connectivity index (χ1n) is 11.8. The summed E-state index contributed by atoms with van der Waals surface area (Å²) in [5, 5.41) is 5.92. The predicted octanol–water partition coefficient (Wildman–Crippen LogP) is 5.17. The van der Waals surface area contributed by atoms with Crippen molar-refractivity contribution in [2.75, 3.05) is 12.4 Å². The molecule has 178 valence electrons. The Morgan fingerprint density at radius 3 is 2.53 bits per heavy atom. The van der Waals surface area contributed by atoms with Gasteiger partial charge in [0.15, 0.2) is 6.10 Å². The third kappa shape index (κ3) is 5.72. The Labute approximate surface area is 199 Å². The number of aromatic nitrogens is 1. The summed E-state index contributed by atoms with van der Waals surface area (Å²) in [6, 6.07) is 16.8. The van der Waals surface area contributed by atoms with Gasteiger partial charge in [0, 0.05) is 13.5 Å². The Kier molecular flexibility index (Phi) is 7.75. The molecule has 0 saturated heterocycles. The summed E-state index contributed by atoms with van der Waals surface area (Å²) in [7, 11) is 1.51. The van der Waals surface area contributed by atoms with E-state index in [9.17, 15) is 9.59 Å². The molecule has 0 bridgehead atoms. The normalized spacial score (nSPS) is 14.6. The molecule has 0 spiro atoms. The highest BCUT2D eigenvalue weighted by Crippen LogP contribution is 2.31. The number of anilines is 1. The third-order valence-electron chi connectivity index (χ3n) is 6.28. The van der Waals surface area contributed by atoms with Gasteiger partial charge in [0.05, 0.1) is 17.8 Å². The molecule has 7 heteroatoms. The van der Waals surface area contributed by atoms with Gasteiger partial charge in [0.2, 0.25) is 11.8 Å². The average molecular weight is 462 g/mol. The van der Waals surface area contributed by atoms with Crippen molar-refractivity contribution >= 4 is 17.5 Å². The van der Waals surface area contributed by atoms with Gasteiger partial charge in [0.25, 0.3) is 5.91 Å². The first-order valence-corrected chi connectivity index (χ1v) is 11.8. The molecule has 1 atom stereocenters. The number of nitrogens with one attached hydrogen (secondary N) is 2. The molecule has 34 heavy (non-hydrogen) atoms. The van der Waals surface area contributed by atoms with Crippen molar-refractivity contribution in [2.24, 2.45) is 5.92 Å². The highest BCUT2D eigenvalue weighted by atomic mass is 16.5. The van der Waals surface area contributed by atoms with Crippen molar-refractivity contribution in [3.8, 4) is 11.5 Å². The summed E-state index contributed by atoms with van der Waals surface area (Å²) in [6.45, 7) is 2.02. The maximum atomic E-state index is 12.7. The Bertz CT molecular complexity index is 1120. The van der Waals surface area contributed by atoms with Gasteiger partial charge in [-0.3, -0.25) is 9.59 Å². The minimum absolute atomic E-state index is 0.0154. The zero-order valence-electron chi connectivity index (χ0n) is 19.7. The maximum absolute atomic E-state index is 12.7. The Hall–Kier alpha value is -3.45. The zero-order valence-corrected chi connectivity index (χ0v) is 19.7. The number of carbonyl (C=O) groups is 2. The van der Waals surface area contributed by atoms with Crippen LogP contribution in [0.3, 0.4) is 0 Å². The molecular weight excluding hydrogens is 430 g/mol. The summed E-state index contributed by atoms with van der Waals surface area (Å²) in [6.07, 6.45) is 4.50. The standard InChI is InChI=1S/C27H31N3O4/c1-18-23(17-28-26(32)25(33-2)20-12-4-3-5-13-20)30-27(34-18)21-14-8-9-15-22(21)29-24(31)16-19-10-6-7-11-19/h3-5,8-9,12-15,19,25H,6-7,10-11,16-17H2,1-2H3,(H,28,32)(H,29,31)/t25-/m0/s1. The van der Waals surface area contributed by atoms with Crippen LogP contribution in [-0.2, 0) is 20.9 Å². The highest BCUT2D eigenvalue weighted by molar-refractivity contribution is 5.94. The van der Waals surface area contributed by atoms with Crippen LogP contribution in [0.1, 0.15) is 55.2 Å². The van der Waals surface area contributed by atoms with Crippen molar-refractivity contribution in [3.63, 3.8) is 0 Å². The number of hydrogen-bond acceptors (Lipinski definition) is 5. The van der Waals surface area contributed by atoms with E-state index in [2.05, 4.69) is 15.6 Å². The van der Waals surface area contributed by atoms with Crippen LogP contribution in [0.4, 0.5) is 5.69 Å². The Morgan fingerprint density at radius 1 is 1.09 bits per heavy atom. The van der Waals surface area contributed by atoms with Gasteiger partial charge in [-0.25, -0.2) is 4.98 Å². The summed E-state index contributed by atoms with van der Waals surface area (Å²) < 4.78 is 11.3. The predicted molar refractivity (Wildman–Crippen MR) is 130 cm³/mol. The SMILES string of the molecule is CO[C@H](C(=O)NCc1nc(-c2ccccc2NC(=O)CC2CCCC2)oc1C)c1ccccc1. The van der Waals surface area contributed by atoms with Gasteiger partial charge in [-0.2, -0.15) is 0 Å². The van der Waals surface area contributed by atoms with Crippen LogP contribution in [0.25, 0.3) is 11.5 Å². The van der Waals surface area contributed by atoms with Gasteiger partial charge in [-0.1, -0.05) is 55.3 Å². The number of aryl methyl sites for hydroxylation is 1. The monoisotopic (exact) mass is 461 g/mol. The van der Waals surface area contributed by atoms with Crippen molar-refractivity contribution in [1.82, 2.24) is 10.3 Å². The van der Waals surface area contributed by atoms with E-state index in [1.807, 2.05) is 61.5 Å². The second kappa shape index (κ2) is 11.1. The summed E-state index contributed by atoms with van der Waals surface area (Å²) >= 11 is 0. The van der Waals surface area contributed by atoms with E-state index in [1.54, 1.807) is 0 Å². The molecule has 0 unspecified atom stereocenters. The summed E-state index contributed by atoms with van der Waals surface area (Å²) in [5.74, 6) is 1.25. The van der Waals surface area contributed by atoms with Gasteiger partial charge < -0.3 is 19.8 Å². The first-order chi connectivity index (χ1) is 16.5. The number of oxazole rings is 1. The minimum Gasteiger partial charge on any atom is -0.441 e. The Morgan fingerprint density at radius 2 is 1.79 bits per heavy atom. The van der Waals surface area contributed by atoms with Crippen LogP contribution in [0, 0.1) is 12.8 Å². The molecule has 4 rings (SSSR count). The average Bonchev–Trinajstić information content (AvgIpc) is 3.48. The van der Waals surface area contributed by atoms with Crippen LogP contribution in [0.5, 0.6) is 0 Å². The number of amides is 2. The zero-order chi connectivity index (χ0) is 23.9.